The van der Waals surface area contributed by atoms with Crippen molar-refractivity contribution < 1.29 is 8.78 Å². The number of aromatic nitrogens is 3. The predicted octanol–water partition coefficient (Wildman–Crippen LogP) is 4.06. The summed E-state index contributed by atoms with van der Waals surface area (Å²) in [5, 5.41) is 5.64. The first-order valence-corrected chi connectivity index (χ1v) is 10.3. The van der Waals surface area contributed by atoms with Crippen molar-refractivity contribution >= 4 is 21.4 Å². The van der Waals surface area contributed by atoms with Gasteiger partial charge in [0.15, 0.2) is 0 Å². The molecule has 0 amide bonds. The minimum atomic E-state index is -0.256. The van der Waals surface area contributed by atoms with Gasteiger partial charge in [-0.05, 0) is 42.0 Å². The fraction of sp³-hybridized carbons (Fsp3) is 0.238. The molecule has 29 heavy (non-hydrogen) atoms. The van der Waals surface area contributed by atoms with Gasteiger partial charge in [-0.1, -0.05) is 23.5 Å². The van der Waals surface area contributed by atoms with E-state index in [1.165, 1.54) is 24.3 Å². The van der Waals surface area contributed by atoms with Crippen LogP contribution in [-0.2, 0) is 6.54 Å². The van der Waals surface area contributed by atoms with E-state index in [0.29, 0.717) is 0 Å². The molecule has 4 aromatic rings. The van der Waals surface area contributed by atoms with Crippen LogP contribution in [0.25, 0.3) is 16.2 Å². The lowest BCUT2D eigenvalue weighted by atomic mass is 10.2. The first-order chi connectivity index (χ1) is 14.1. The Bertz CT molecular complexity index is 1080. The highest BCUT2D eigenvalue weighted by atomic mass is 32.1. The van der Waals surface area contributed by atoms with Crippen molar-refractivity contribution in [2.75, 3.05) is 31.1 Å². The van der Waals surface area contributed by atoms with E-state index < -0.39 is 0 Å². The molecule has 0 spiro atoms. The molecule has 0 radical (unpaired) electrons. The third-order valence-electron chi connectivity index (χ3n) is 5.13. The van der Waals surface area contributed by atoms with Crippen LogP contribution in [0, 0.1) is 11.6 Å². The van der Waals surface area contributed by atoms with Crippen molar-refractivity contribution in [3.05, 3.63) is 71.9 Å². The highest BCUT2D eigenvalue weighted by Gasteiger charge is 2.21. The molecule has 3 heterocycles. The molecular formula is C21H19F2N5S. The number of hydrogen-bond donors (Lipinski definition) is 0. The molecule has 0 atom stereocenters. The summed E-state index contributed by atoms with van der Waals surface area (Å²) in [6.07, 6.45) is 1.88. The number of fused-ring (bicyclic) bond motifs is 1. The van der Waals surface area contributed by atoms with Crippen molar-refractivity contribution in [3.63, 3.8) is 0 Å². The molecule has 0 bridgehead atoms. The van der Waals surface area contributed by atoms with Crippen LogP contribution in [0.4, 0.5) is 13.9 Å². The summed E-state index contributed by atoms with van der Waals surface area (Å²) in [4.78, 5) is 10.1. The molecule has 0 aliphatic carbocycles. The standard InChI is InChI=1S/C21H19F2N5S/c22-17-5-1-15(2-6-17)13-26-9-11-27(12-10-26)21-25-28-14-19(24-20(28)29-21)16-3-7-18(23)8-4-16/h1-8,14H,9-13H2. The van der Waals surface area contributed by atoms with Crippen molar-refractivity contribution in [2.24, 2.45) is 0 Å². The maximum absolute atomic E-state index is 13.1. The van der Waals surface area contributed by atoms with E-state index in [-0.39, 0.29) is 11.6 Å². The third-order valence-corrected chi connectivity index (χ3v) is 6.12. The zero-order valence-electron chi connectivity index (χ0n) is 15.6. The number of hydrogen-bond acceptors (Lipinski definition) is 5. The zero-order chi connectivity index (χ0) is 19.8. The van der Waals surface area contributed by atoms with Crippen molar-refractivity contribution in [3.8, 4) is 11.3 Å². The normalized spacial score (nSPS) is 15.3. The maximum atomic E-state index is 13.1. The smallest absolute Gasteiger partial charge is 0.214 e. The van der Waals surface area contributed by atoms with Crippen LogP contribution in [0.5, 0.6) is 0 Å². The van der Waals surface area contributed by atoms with Crippen LogP contribution in [0.2, 0.25) is 0 Å². The van der Waals surface area contributed by atoms with Crippen LogP contribution >= 0.6 is 11.3 Å². The Kier molecular flexibility index (Phi) is 4.73. The van der Waals surface area contributed by atoms with E-state index >= 15 is 0 Å². The maximum Gasteiger partial charge on any atom is 0.214 e. The molecule has 0 saturated carbocycles. The Balaban J connectivity index is 1.24. The third kappa shape index (κ3) is 3.86. The van der Waals surface area contributed by atoms with Gasteiger partial charge in [0.05, 0.1) is 11.9 Å². The van der Waals surface area contributed by atoms with Crippen molar-refractivity contribution in [1.82, 2.24) is 19.5 Å². The number of imidazole rings is 1. The lowest BCUT2D eigenvalue weighted by molar-refractivity contribution is 0.249. The van der Waals surface area contributed by atoms with E-state index in [2.05, 4.69) is 19.9 Å². The summed E-state index contributed by atoms with van der Waals surface area (Å²) in [7, 11) is 0. The molecule has 5 rings (SSSR count). The average Bonchev–Trinajstić information content (AvgIpc) is 3.30. The first-order valence-electron chi connectivity index (χ1n) is 9.48. The molecule has 8 heteroatoms. The number of benzene rings is 2. The van der Waals surface area contributed by atoms with Gasteiger partial charge in [-0.2, -0.15) is 0 Å². The van der Waals surface area contributed by atoms with Gasteiger partial charge in [-0.15, -0.1) is 5.10 Å². The number of piperazine rings is 1. The van der Waals surface area contributed by atoms with Crippen LogP contribution in [0.3, 0.4) is 0 Å². The highest BCUT2D eigenvalue weighted by Crippen LogP contribution is 2.27. The summed E-state index contributed by atoms with van der Waals surface area (Å²) in [6, 6.07) is 13.0. The number of nitrogens with zero attached hydrogens (tertiary/aromatic N) is 5. The van der Waals surface area contributed by atoms with Gasteiger partial charge in [0.25, 0.3) is 0 Å². The van der Waals surface area contributed by atoms with Gasteiger partial charge in [0.1, 0.15) is 11.6 Å². The molecule has 1 fully saturated rings. The lowest BCUT2D eigenvalue weighted by Crippen LogP contribution is -2.46. The molecule has 2 aromatic heterocycles. The molecule has 5 nitrogen and oxygen atoms in total. The average molecular weight is 411 g/mol. The van der Waals surface area contributed by atoms with E-state index in [9.17, 15) is 8.78 Å². The molecule has 148 valence electrons. The number of halogens is 2. The van der Waals surface area contributed by atoms with Gasteiger partial charge in [0, 0.05) is 38.3 Å². The Morgan fingerprint density at radius 2 is 1.52 bits per heavy atom. The SMILES string of the molecule is Fc1ccc(CN2CCN(c3nn4cc(-c5ccc(F)cc5)nc4s3)CC2)cc1. The molecule has 1 saturated heterocycles. The number of rotatable bonds is 4. The summed E-state index contributed by atoms with van der Waals surface area (Å²) in [6.45, 7) is 4.47. The van der Waals surface area contributed by atoms with Crippen molar-refractivity contribution in [1.29, 1.82) is 0 Å². The Labute approximate surface area is 170 Å². The summed E-state index contributed by atoms with van der Waals surface area (Å²) in [5.41, 5.74) is 2.79. The monoisotopic (exact) mass is 411 g/mol. The molecule has 1 aliphatic rings. The van der Waals surface area contributed by atoms with E-state index in [1.54, 1.807) is 28.0 Å². The van der Waals surface area contributed by atoms with Crippen LogP contribution in [0.1, 0.15) is 5.56 Å². The number of anilines is 1. The summed E-state index contributed by atoms with van der Waals surface area (Å²) >= 11 is 1.56. The zero-order valence-corrected chi connectivity index (χ0v) is 16.4. The second kappa shape index (κ2) is 7.53. The predicted molar refractivity (Wildman–Crippen MR) is 110 cm³/mol. The Morgan fingerprint density at radius 1 is 0.862 bits per heavy atom. The second-order valence-corrected chi connectivity index (χ2v) is 8.07. The van der Waals surface area contributed by atoms with Gasteiger partial charge < -0.3 is 4.90 Å². The summed E-state index contributed by atoms with van der Waals surface area (Å²) < 4.78 is 28.0. The lowest BCUT2D eigenvalue weighted by Gasteiger charge is -2.34. The van der Waals surface area contributed by atoms with E-state index in [4.69, 9.17) is 0 Å². The van der Waals surface area contributed by atoms with Gasteiger partial charge in [-0.3, -0.25) is 4.90 Å². The first kappa shape index (κ1) is 18.2. The topological polar surface area (TPSA) is 36.7 Å². The van der Waals surface area contributed by atoms with Crippen molar-refractivity contribution in [2.45, 2.75) is 6.54 Å². The van der Waals surface area contributed by atoms with Crippen LogP contribution < -0.4 is 4.90 Å². The summed E-state index contributed by atoms with van der Waals surface area (Å²) in [5.74, 6) is -0.455. The minimum Gasteiger partial charge on any atom is -0.344 e. The quantitative estimate of drug-likeness (QED) is 0.508. The van der Waals surface area contributed by atoms with Crippen LogP contribution in [-0.4, -0.2) is 45.7 Å². The fourth-order valence-corrected chi connectivity index (χ4v) is 4.46. The van der Waals surface area contributed by atoms with E-state index in [1.807, 2.05) is 18.3 Å². The molecule has 2 aromatic carbocycles. The molecule has 1 aliphatic heterocycles. The molecular weight excluding hydrogens is 392 g/mol. The molecule has 0 unspecified atom stereocenters. The van der Waals surface area contributed by atoms with Gasteiger partial charge in [-0.25, -0.2) is 18.3 Å². The fourth-order valence-electron chi connectivity index (χ4n) is 3.52. The van der Waals surface area contributed by atoms with E-state index in [0.717, 1.165) is 59.6 Å². The largest absolute Gasteiger partial charge is 0.344 e. The molecule has 0 N–H and O–H groups in total. The minimum absolute atomic E-state index is 0.199. The van der Waals surface area contributed by atoms with Gasteiger partial charge in [0.2, 0.25) is 10.1 Å². The highest BCUT2D eigenvalue weighted by molar-refractivity contribution is 7.20. The Hall–Kier alpha value is -2.84. The van der Waals surface area contributed by atoms with Crippen LogP contribution in [0.15, 0.2) is 54.7 Å². The van der Waals surface area contributed by atoms with Gasteiger partial charge >= 0.3 is 0 Å². The Morgan fingerprint density at radius 3 is 2.17 bits per heavy atom. The second-order valence-electron chi connectivity index (χ2n) is 7.13.